The Morgan fingerprint density at radius 3 is 2.15 bits per heavy atom. The summed E-state index contributed by atoms with van der Waals surface area (Å²) in [5, 5.41) is 2.88. The van der Waals surface area contributed by atoms with Crippen molar-refractivity contribution < 1.29 is 27.1 Å². The molecule has 4 aromatic carbocycles. The van der Waals surface area contributed by atoms with Crippen molar-refractivity contribution in [3.8, 4) is 5.75 Å². The summed E-state index contributed by atoms with van der Waals surface area (Å²) in [6.07, 6.45) is 0.815. The number of rotatable bonds is 15. The van der Waals surface area contributed by atoms with Crippen molar-refractivity contribution in [1.82, 2.24) is 10.2 Å². The second-order valence-electron chi connectivity index (χ2n) is 10.9. The lowest BCUT2D eigenvalue weighted by Gasteiger charge is -2.34. The summed E-state index contributed by atoms with van der Waals surface area (Å²) in [5.74, 6) is -1.07. The number of aryl methyl sites for hydroxylation is 1. The molecule has 8 nitrogen and oxygen atoms in total. The lowest BCUT2D eigenvalue weighted by atomic mass is 10.0. The number of sulfonamides is 1. The van der Waals surface area contributed by atoms with Crippen molar-refractivity contribution in [3.63, 3.8) is 0 Å². The predicted molar refractivity (Wildman–Crippen MR) is 178 cm³/mol. The highest BCUT2D eigenvalue weighted by Gasteiger charge is 2.35. The van der Waals surface area contributed by atoms with Gasteiger partial charge in [0.05, 0.1) is 17.2 Å². The van der Waals surface area contributed by atoms with E-state index in [1.165, 1.54) is 23.1 Å². The van der Waals surface area contributed by atoms with Crippen LogP contribution >= 0.6 is 0 Å². The summed E-state index contributed by atoms with van der Waals surface area (Å²) in [6.45, 7) is 5.53. The van der Waals surface area contributed by atoms with Crippen LogP contribution < -0.4 is 14.4 Å². The second kappa shape index (κ2) is 16.0. The highest BCUT2D eigenvalue weighted by molar-refractivity contribution is 7.92. The fourth-order valence-corrected chi connectivity index (χ4v) is 6.39. The summed E-state index contributed by atoms with van der Waals surface area (Å²) >= 11 is 0. The maximum Gasteiger partial charge on any atom is 0.264 e. The largest absolute Gasteiger partial charge is 0.494 e. The Balaban J connectivity index is 1.80. The van der Waals surface area contributed by atoms with Crippen LogP contribution in [0.25, 0.3) is 0 Å². The maximum absolute atomic E-state index is 15.0. The molecule has 0 heterocycles. The van der Waals surface area contributed by atoms with Crippen LogP contribution in [0.5, 0.6) is 5.75 Å². The first kappa shape index (κ1) is 34.2. The minimum atomic E-state index is -4.25. The number of hydrogen-bond donors (Lipinski definition) is 1. The summed E-state index contributed by atoms with van der Waals surface area (Å²) < 4.78 is 49.9. The number of carbonyl (C=O) groups is 2. The predicted octanol–water partition coefficient (Wildman–Crippen LogP) is 5.89. The molecule has 0 aromatic heterocycles. The van der Waals surface area contributed by atoms with Crippen LogP contribution in [-0.2, 0) is 32.6 Å². The average Bonchev–Trinajstić information content (AvgIpc) is 3.06. The molecule has 0 unspecified atom stereocenters. The standard InChI is InChI=1S/C36H40FN3O5S/c1-4-23-38-36(42)34(24-28-11-7-6-8-12-28)39(25-29-13-9-10-14-33(29)37)35(41)26-40(30-17-19-31(20-18-30)45-5-2)46(43,44)32-21-15-27(3)16-22-32/h6-22,34H,4-5,23-26H2,1-3H3,(H,38,42)/t34-/m0/s1. The first-order valence-corrected chi connectivity index (χ1v) is 16.7. The van der Waals surface area contributed by atoms with Crippen LogP contribution in [-0.4, -0.2) is 50.9 Å². The third-order valence-corrected chi connectivity index (χ3v) is 9.23. The fourth-order valence-electron chi connectivity index (χ4n) is 4.97. The van der Waals surface area contributed by atoms with Crippen molar-refractivity contribution in [2.75, 3.05) is 24.0 Å². The van der Waals surface area contributed by atoms with Crippen molar-refractivity contribution in [2.45, 2.75) is 51.1 Å². The van der Waals surface area contributed by atoms with Crippen LogP contribution in [0.15, 0.2) is 108 Å². The molecule has 4 rings (SSSR count). The molecule has 0 bridgehead atoms. The van der Waals surface area contributed by atoms with Crippen LogP contribution in [0.4, 0.5) is 10.1 Å². The lowest BCUT2D eigenvalue weighted by Crippen LogP contribution is -2.53. The van der Waals surface area contributed by atoms with Crippen molar-refractivity contribution in [1.29, 1.82) is 0 Å². The van der Waals surface area contributed by atoms with E-state index in [0.717, 1.165) is 15.4 Å². The Kier molecular flexibility index (Phi) is 11.9. The number of carbonyl (C=O) groups excluding carboxylic acids is 2. The molecule has 10 heteroatoms. The van der Waals surface area contributed by atoms with E-state index in [9.17, 15) is 18.0 Å². The lowest BCUT2D eigenvalue weighted by molar-refractivity contribution is -0.140. The number of anilines is 1. The molecule has 1 atom stereocenters. The van der Waals surface area contributed by atoms with E-state index in [1.807, 2.05) is 51.1 Å². The SMILES string of the molecule is CCCNC(=O)[C@H](Cc1ccccc1)N(Cc1ccccc1F)C(=O)CN(c1ccc(OCC)cc1)S(=O)(=O)c1ccc(C)cc1. The molecular weight excluding hydrogens is 605 g/mol. The van der Waals surface area contributed by atoms with Crippen LogP contribution in [0, 0.1) is 12.7 Å². The third-order valence-electron chi connectivity index (χ3n) is 7.44. The van der Waals surface area contributed by atoms with Gasteiger partial charge in [0.1, 0.15) is 24.2 Å². The van der Waals surface area contributed by atoms with E-state index in [4.69, 9.17) is 4.74 Å². The normalized spacial score (nSPS) is 11.8. The Morgan fingerprint density at radius 2 is 1.52 bits per heavy atom. The third kappa shape index (κ3) is 8.72. The number of benzene rings is 4. The molecule has 2 amide bonds. The van der Waals surface area contributed by atoms with E-state index in [2.05, 4.69) is 5.32 Å². The molecule has 0 saturated carbocycles. The van der Waals surface area contributed by atoms with Gasteiger partial charge < -0.3 is 15.0 Å². The monoisotopic (exact) mass is 645 g/mol. The summed E-state index contributed by atoms with van der Waals surface area (Å²) in [6, 6.07) is 26.9. The zero-order valence-corrected chi connectivity index (χ0v) is 27.2. The smallest absolute Gasteiger partial charge is 0.264 e. The molecule has 0 fully saturated rings. The number of ether oxygens (including phenoxy) is 1. The van der Waals surface area contributed by atoms with Gasteiger partial charge >= 0.3 is 0 Å². The van der Waals surface area contributed by atoms with Gasteiger partial charge in [-0.2, -0.15) is 0 Å². The topological polar surface area (TPSA) is 96.0 Å². The van der Waals surface area contributed by atoms with Gasteiger partial charge in [-0.15, -0.1) is 0 Å². The number of nitrogens with zero attached hydrogens (tertiary/aromatic N) is 2. The summed E-state index contributed by atoms with van der Waals surface area (Å²) in [5.41, 5.74) is 2.10. The molecule has 0 aliphatic heterocycles. The van der Waals surface area contributed by atoms with Gasteiger partial charge in [0.25, 0.3) is 10.0 Å². The molecular formula is C36H40FN3O5S. The van der Waals surface area contributed by atoms with Crippen molar-refractivity contribution >= 4 is 27.5 Å². The molecule has 0 saturated heterocycles. The minimum Gasteiger partial charge on any atom is -0.494 e. The Morgan fingerprint density at radius 1 is 0.870 bits per heavy atom. The molecule has 0 aliphatic rings. The van der Waals surface area contributed by atoms with Gasteiger partial charge in [-0.3, -0.25) is 13.9 Å². The Bertz CT molecular complexity index is 1700. The van der Waals surface area contributed by atoms with E-state index in [-0.39, 0.29) is 29.1 Å². The van der Waals surface area contributed by atoms with E-state index >= 15 is 4.39 Å². The van der Waals surface area contributed by atoms with Gasteiger partial charge in [-0.1, -0.05) is 73.2 Å². The van der Waals surface area contributed by atoms with E-state index < -0.39 is 40.2 Å². The highest BCUT2D eigenvalue weighted by Crippen LogP contribution is 2.27. The van der Waals surface area contributed by atoms with E-state index in [1.54, 1.807) is 54.6 Å². The average molecular weight is 646 g/mol. The Hall–Kier alpha value is -4.70. The summed E-state index contributed by atoms with van der Waals surface area (Å²) in [4.78, 5) is 29.4. The van der Waals surface area contributed by atoms with Gasteiger partial charge in [0.15, 0.2) is 0 Å². The number of nitrogens with one attached hydrogen (secondary N) is 1. The van der Waals surface area contributed by atoms with Crippen molar-refractivity contribution in [3.05, 3.63) is 126 Å². The number of amides is 2. The molecule has 0 aliphatic carbocycles. The quantitative estimate of drug-likeness (QED) is 0.174. The van der Waals surface area contributed by atoms with E-state index in [0.29, 0.717) is 25.3 Å². The molecule has 46 heavy (non-hydrogen) atoms. The number of halogens is 1. The van der Waals surface area contributed by atoms with Crippen LogP contribution in [0.1, 0.15) is 37.0 Å². The van der Waals surface area contributed by atoms with Gasteiger partial charge in [-0.05, 0) is 68.3 Å². The van der Waals surface area contributed by atoms with Gasteiger partial charge in [0, 0.05) is 25.1 Å². The first-order valence-electron chi connectivity index (χ1n) is 15.3. The van der Waals surface area contributed by atoms with Gasteiger partial charge in [-0.25, -0.2) is 12.8 Å². The van der Waals surface area contributed by atoms with Gasteiger partial charge in [0.2, 0.25) is 11.8 Å². The molecule has 0 radical (unpaired) electrons. The molecule has 1 N–H and O–H groups in total. The number of hydrogen-bond acceptors (Lipinski definition) is 5. The van der Waals surface area contributed by atoms with Crippen LogP contribution in [0.2, 0.25) is 0 Å². The zero-order chi connectivity index (χ0) is 33.1. The fraction of sp³-hybridized carbons (Fsp3) is 0.278. The summed E-state index contributed by atoms with van der Waals surface area (Å²) in [7, 11) is -4.25. The van der Waals surface area contributed by atoms with Crippen molar-refractivity contribution in [2.24, 2.45) is 0 Å². The molecule has 4 aromatic rings. The minimum absolute atomic E-state index is 0.00182. The zero-order valence-electron chi connectivity index (χ0n) is 26.4. The Labute approximate surface area is 270 Å². The highest BCUT2D eigenvalue weighted by atomic mass is 32.2. The second-order valence-corrected chi connectivity index (χ2v) is 12.7. The maximum atomic E-state index is 15.0. The molecule has 242 valence electrons. The first-order chi connectivity index (χ1) is 22.1. The van der Waals surface area contributed by atoms with Crippen LogP contribution in [0.3, 0.4) is 0 Å². The molecule has 0 spiro atoms.